The summed E-state index contributed by atoms with van der Waals surface area (Å²) in [5.41, 5.74) is 7.52. The van der Waals surface area contributed by atoms with Crippen LogP contribution in [0.15, 0.2) is 34.0 Å². The highest BCUT2D eigenvalue weighted by Crippen LogP contribution is 2.16. The van der Waals surface area contributed by atoms with Crippen LogP contribution in [0.5, 0.6) is 0 Å². The largest absolute Gasteiger partial charge is 0.343 e. The average Bonchev–Trinajstić information content (AvgIpc) is 2.97. The van der Waals surface area contributed by atoms with Gasteiger partial charge >= 0.3 is 0 Å². The first-order valence-electron chi connectivity index (χ1n) is 6.13. The molecule has 1 heterocycles. The van der Waals surface area contributed by atoms with Gasteiger partial charge in [-0.1, -0.05) is 18.1 Å². The highest BCUT2D eigenvalue weighted by Gasteiger charge is 2.16. The molecule has 0 aliphatic carbocycles. The molecule has 2 rings (SSSR count). The van der Waals surface area contributed by atoms with Gasteiger partial charge in [-0.25, -0.2) is 13.1 Å². The number of aryl methyl sites for hydroxylation is 1. The van der Waals surface area contributed by atoms with Gasteiger partial charge in [-0.3, -0.25) is 0 Å². The minimum absolute atomic E-state index is 0.0215. The van der Waals surface area contributed by atoms with Gasteiger partial charge in [0.25, 0.3) is 0 Å². The number of aromatic nitrogens is 2. The minimum Gasteiger partial charge on any atom is -0.343 e. The Hall–Kier alpha value is -1.77. The zero-order valence-electron chi connectivity index (χ0n) is 11.0. The normalized spacial score (nSPS) is 11.7. The van der Waals surface area contributed by atoms with E-state index in [0.717, 1.165) is 23.9 Å². The Bertz CT molecular complexity index is 668. The van der Waals surface area contributed by atoms with Crippen molar-refractivity contribution in [2.75, 3.05) is 0 Å². The van der Waals surface area contributed by atoms with Crippen molar-refractivity contribution in [3.05, 3.63) is 41.5 Å². The molecule has 0 spiro atoms. The first-order valence-corrected chi connectivity index (χ1v) is 7.62. The quantitative estimate of drug-likeness (QED) is 0.806. The SMILES string of the molecule is CCc1ccc(S(=O)(=O)NCc2ncon2)cc1CN. The van der Waals surface area contributed by atoms with Gasteiger partial charge in [0.15, 0.2) is 5.82 Å². The van der Waals surface area contributed by atoms with Crippen LogP contribution in [0, 0.1) is 0 Å². The Morgan fingerprint density at radius 2 is 2.15 bits per heavy atom. The van der Waals surface area contributed by atoms with Gasteiger partial charge in [-0.2, -0.15) is 4.98 Å². The van der Waals surface area contributed by atoms with E-state index in [4.69, 9.17) is 5.73 Å². The fraction of sp³-hybridized carbons (Fsp3) is 0.333. The summed E-state index contributed by atoms with van der Waals surface area (Å²) in [6.45, 7) is 2.28. The lowest BCUT2D eigenvalue weighted by Gasteiger charge is -2.10. The van der Waals surface area contributed by atoms with Crippen LogP contribution in [0.1, 0.15) is 23.9 Å². The van der Waals surface area contributed by atoms with Crippen LogP contribution < -0.4 is 10.5 Å². The summed E-state index contributed by atoms with van der Waals surface area (Å²) >= 11 is 0. The van der Waals surface area contributed by atoms with Crippen molar-refractivity contribution in [2.45, 2.75) is 31.3 Å². The maximum absolute atomic E-state index is 12.2. The van der Waals surface area contributed by atoms with Crippen molar-refractivity contribution >= 4 is 10.0 Å². The highest BCUT2D eigenvalue weighted by atomic mass is 32.2. The molecule has 0 unspecified atom stereocenters. The summed E-state index contributed by atoms with van der Waals surface area (Å²) in [6, 6.07) is 4.94. The van der Waals surface area contributed by atoms with Crippen LogP contribution in [-0.4, -0.2) is 18.6 Å². The van der Waals surface area contributed by atoms with Crippen molar-refractivity contribution in [1.82, 2.24) is 14.9 Å². The third kappa shape index (κ3) is 3.21. The molecule has 3 N–H and O–H groups in total. The molecule has 0 saturated heterocycles. The van der Waals surface area contributed by atoms with Gasteiger partial charge in [0.1, 0.15) is 0 Å². The smallest absolute Gasteiger partial charge is 0.240 e. The van der Waals surface area contributed by atoms with Gasteiger partial charge in [0, 0.05) is 6.54 Å². The van der Waals surface area contributed by atoms with Gasteiger partial charge in [-0.05, 0) is 29.7 Å². The number of hydrogen-bond donors (Lipinski definition) is 2. The number of hydrogen-bond acceptors (Lipinski definition) is 6. The van der Waals surface area contributed by atoms with Crippen LogP contribution in [-0.2, 0) is 29.5 Å². The van der Waals surface area contributed by atoms with Crippen LogP contribution in [0.2, 0.25) is 0 Å². The average molecular weight is 296 g/mol. The maximum Gasteiger partial charge on any atom is 0.240 e. The standard InChI is InChI=1S/C12H16N4O3S/c1-2-9-3-4-11(5-10(9)6-13)20(17,18)15-7-12-14-8-19-16-12/h3-5,8,15H,2,6-7,13H2,1H3. The number of rotatable bonds is 6. The van der Waals surface area contributed by atoms with E-state index in [9.17, 15) is 8.42 Å². The summed E-state index contributed by atoms with van der Waals surface area (Å²) in [4.78, 5) is 3.93. The van der Waals surface area contributed by atoms with Crippen molar-refractivity contribution in [3.8, 4) is 0 Å². The molecular weight excluding hydrogens is 280 g/mol. The minimum atomic E-state index is -3.62. The summed E-state index contributed by atoms with van der Waals surface area (Å²) in [5, 5.41) is 3.54. The predicted octanol–water partition coefficient (Wildman–Crippen LogP) is 0.569. The van der Waals surface area contributed by atoms with Gasteiger partial charge in [-0.15, -0.1) is 0 Å². The second-order valence-electron chi connectivity index (χ2n) is 4.16. The molecule has 0 radical (unpaired) electrons. The summed E-state index contributed by atoms with van der Waals surface area (Å²) in [5.74, 6) is 0.276. The van der Waals surface area contributed by atoms with Crippen LogP contribution in [0.25, 0.3) is 0 Å². The van der Waals surface area contributed by atoms with Crippen LogP contribution in [0.3, 0.4) is 0 Å². The Labute approximate surface area is 117 Å². The van der Waals surface area contributed by atoms with E-state index in [0.29, 0.717) is 6.54 Å². The Morgan fingerprint density at radius 1 is 1.35 bits per heavy atom. The van der Waals surface area contributed by atoms with Gasteiger partial charge in [0.2, 0.25) is 16.4 Å². The molecule has 0 aliphatic heterocycles. The summed E-state index contributed by atoms with van der Waals surface area (Å²) < 4.78 is 31.3. The lowest BCUT2D eigenvalue weighted by atomic mass is 10.1. The van der Waals surface area contributed by atoms with Crippen molar-refractivity contribution in [2.24, 2.45) is 5.73 Å². The molecule has 108 valence electrons. The molecule has 2 aromatic rings. The van der Waals surface area contributed by atoms with Crippen molar-refractivity contribution in [1.29, 1.82) is 0 Å². The highest BCUT2D eigenvalue weighted by molar-refractivity contribution is 7.89. The van der Waals surface area contributed by atoms with E-state index in [2.05, 4.69) is 19.4 Å². The molecule has 0 bridgehead atoms. The molecule has 1 aromatic heterocycles. The van der Waals surface area contributed by atoms with Gasteiger partial charge in [0.05, 0.1) is 11.4 Å². The number of sulfonamides is 1. The van der Waals surface area contributed by atoms with Crippen LogP contribution >= 0.6 is 0 Å². The molecular formula is C12H16N4O3S. The van der Waals surface area contributed by atoms with Gasteiger partial charge < -0.3 is 10.3 Å². The first kappa shape index (κ1) is 14.6. The Kier molecular flexibility index (Phi) is 4.48. The van der Waals surface area contributed by atoms with E-state index < -0.39 is 10.0 Å². The molecule has 0 aliphatic rings. The van der Waals surface area contributed by atoms with E-state index in [1.165, 1.54) is 0 Å². The summed E-state index contributed by atoms with van der Waals surface area (Å²) in [6.07, 6.45) is 1.95. The van der Waals surface area contributed by atoms with E-state index in [-0.39, 0.29) is 17.3 Å². The Morgan fingerprint density at radius 3 is 2.75 bits per heavy atom. The van der Waals surface area contributed by atoms with E-state index in [1.807, 2.05) is 6.92 Å². The molecule has 0 fully saturated rings. The fourth-order valence-corrected chi connectivity index (χ4v) is 2.85. The molecule has 7 nitrogen and oxygen atoms in total. The van der Waals surface area contributed by atoms with Crippen molar-refractivity contribution < 1.29 is 12.9 Å². The topological polar surface area (TPSA) is 111 Å². The summed E-state index contributed by atoms with van der Waals surface area (Å²) in [7, 11) is -3.62. The monoisotopic (exact) mass is 296 g/mol. The first-order chi connectivity index (χ1) is 9.56. The van der Waals surface area contributed by atoms with Crippen LogP contribution in [0.4, 0.5) is 0 Å². The third-order valence-corrected chi connectivity index (χ3v) is 4.32. The fourth-order valence-electron chi connectivity index (χ4n) is 1.82. The molecule has 1 aromatic carbocycles. The molecule has 8 heteroatoms. The lowest BCUT2D eigenvalue weighted by molar-refractivity contribution is 0.409. The molecule has 0 amide bonds. The molecule has 0 saturated carbocycles. The second-order valence-corrected chi connectivity index (χ2v) is 5.93. The second kappa shape index (κ2) is 6.12. The molecule has 0 atom stereocenters. The third-order valence-electron chi connectivity index (χ3n) is 2.92. The zero-order chi connectivity index (χ0) is 14.6. The number of nitrogens with one attached hydrogen (secondary N) is 1. The lowest BCUT2D eigenvalue weighted by Crippen LogP contribution is -2.24. The number of nitrogens with zero attached hydrogens (tertiary/aromatic N) is 2. The Balaban J connectivity index is 2.20. The zero-order valence-corrected chi connectivity index (χ0v) is 11.9. The van der Waals surface area contributed by atoms with Crippen molar-refractivity contribution in [3.63, 3.8) is 0 Å². The maximum atomic E-state index is 12.2. The van der Waals surface area contributed by atoms with E-state index >= 15 is 0 Å². The predicted molar refractivity (Wildman–Crippen MR) is 72.0 cm³/mol. The number of benzene rings is 1. The number of nitrogens with two attached hydrogens (primary N) is 1. The molecule has 20 heavy (non-hydrogen) atoms. The van der Waals surface area contributed by atoms with E-state index in [1.54, 1.807) is 18.2 Å².